The van der Waals surface area contributed by atoms with Gasteiger partial charge in [-0.1, -0.05) is 0 Å². The summed E-state index contributed by atoms with van der Waals surface area (Å²) in [7, 11) is 0. The van der Waals surface area contributed by atoms with Crippen molar-refractivity contribution < 1.29 is 14.6 Å². The molecule has 6 nitrogen and oxygen atoms in total. The lowest BCUT2D eigenvalue weighted by atomic mass is 10.0. The van der Waals surface area contributed by atoms with Crippen LogP contribution in [-0.4, -0.2) is 43.0 Å². The molecule has 1 aliphatic heterocycles. The van der Waals surface area contributed by atoms with Crippen LogP contribution in [0.3, 0.4) is 0 Å². The lowest BCUT2D eigenvalue weighted by molar-refractivity contribution is -0.122. The van der Waals surface area contributed by atoms with Gasteiger partial charge in [0, 0.05) is 19.4 Å². The number of amides is 1. The molecular formula is C11H17N3O3. The minimum Gasteiger partial charge on any atom is -0.394 e. The van der Waals surface area contributed by atoms with Crippen LogP contribution in [0.1, 0.15) is 19.3 Å². The Kier molecular flexibility index (Phi) is 5.60. The van der Waals surface area contributed by atoms with Crippen LogP contribution in [0.5, 0.6) is 0 Å². The fourth-order valence-corrected chi connectivity index (χ4v) is 1.35. The molecule has 0 bridgehead atoms. The molecule has 1 rings (SSSR count). The highest BCUT2D eigenvalue weighted by Gasteiger charge is 2.41. The average Bonchev–Trinajstić information content (AvgIpc) is 3.06. The molecule has 1 aliphatic rings. The fourth-order valence-electron chi connectivity index (χ4n) is 1.35. The molecule has 0 aromatic rings. The second-order valence-electron chi connectivity index (χ2n) is 3.75. The smallest absolute Gasteiger partial charge is 0.224 e. The van der Waals surface area contributed by atoms with Gasteiger partial charge in [0.15, 0.2) is 0 Å². The molecule has 6 heteroatoms. The predicted molar refractivity (Wildman–Crippen MR) is 61.2 cm³/mol. The number of rotatable bonds is 9. The molecule has 0 fully saturated rings. The van der Waals surface area contributed by atoms with Gasteiger partial charge in [0.1, 0.15) is 0 Å². The van der Waals surface area contributed by atoms with Crippen molar-refractivity contribution in [1.29, 1.82) is 0 Å². The van der Waals surface area contributed by atoms with Gasteiger partial charge in [-0.3, -0.25) is 4.79 Å². The Balaban J connectivity index is 2.07. The number of ether oxygens (including phenoxy) is 1. The van der Waals surface area contributed by atoms with Crippen LogP contribution in [0.2, 0.25) is 0 Å². The maximum absolute atomic E-state index is 11.5. The van der Waals surface area contributed by atoms with Crippen molar-refractivity contribution in [1.82, 2.24) is 5.32 Å². The van der Waals surface area contributed by atoms with Gasteiger partial charge in [-0.2, -0.15) is 10.2 Å². The van der Waals surface area contributed by atoms with E-state index in [0.717, 1.165) is 0 Å². The van der Waals surface area contributed by atoms with E-state index in [1.807, 2.05) is 0 Å². The zero-order chi connectivity index (χ0) is 12.6. The first-order valence-corrected chi connectivity index (χ1v) is 5.55. The van der Waals surface area contributed by atoms with Crippen molar-refractivity contribution in [2.24, 2.45) is 10.2 Å². The van der Waals surface area contributed by atoms with E-state index in [2.05, 4.69) is 21.5 Å². The van der Waals surface area contributed by atoms with Crippen LogP contribution in [-0.2, 0) is 9.53 Å². The molecule has 0 saturated heterocycles. The maximum Gasteiger partial charge on any atom is 0.224 e. The highest BCUT2D eigenvalue weighted by molar-refractivity contribution is 5.77. The molecule has 2 N–H and O–H groups in total. The fraction of sp³-hybridized carbons (Fsp3) is 0.727. The van der Waals surface area contributed by atoms with Crippen molar-refractivity contribution in [3.63, 3.8) is 0 Å². The molecule has 1 heterocycles. The molecular weight excluding hydrogens is 222 g/mol. The third-order valence-electron chi connectivity index (χ3n) is 2.30. The third-order valence-corrected chi connectivity index (χ3v) is 2.30. The van der Waals surface area contributed by atoms with Crippen molar-refractivity contribution in [2.45, 2.75) is 24.9 Å². The van der Waals surface area contributed by atoms with E-state index in [1.165, 1.54) is 0 Å². The molecule has 0 radical (unpaired) electrons. The molecule has 0 aromatic carbocycles. The Morgan fingerprint density at radius 2 is 2.24 bits per heavy atom. The molecule has 1 amide bonds. The van der Waals surface area contributed by atoms with Gasteiger partial charge in [-0.25, -0.2) is 0 Å². The Bertz CT molecular complexity index is 316. The summed E-state index contributed by atoms with van der Waals surface area (Å²) < 4.78 is 5.01. The van der Waals surface area contributed by atoms with E-state index >= 15 is 0 Å². The topological polar surface area (TPSA) is 83.3 Å². The summed E-state index contributed by atoms with van der Waals surface area (Å²) in [5.41, 5.74) is -0.567. The Hall–Kier alpha value is -1.45. The lowest BCUT2D eigenvalue weighted by Gasteiger charge is -2.09. The van der Waals surface area contributed by atoms with E-state index in [4.69, 9.17) is 16.3 Å². The molecule has 0 unspecified atom stereocenters. The number of aliphatic hydroxyl groups is 1. The van der Waals surface area contributed by atoms with E-state index in [1.54, 1.807) is 0 Å². The van der Waals surface area contributed by atoms with Crippen molar-refractivity contribution in [3.8, 4) is 12.3 Å². The molecule has 0 aliphatic carbocycles. The number of carbonyl (C=O) groups excluding carboxylic acids is 1. The standard InChI is InChI=1S/C11H17N3O3/c1-2-3-4-11(13-14-11)9-10(16)12-5-7-17-8-6-15/h1,15H,3-9H2,(H,12,16). The van der Waals surface area contributed by atoms with Gasteiger partial charge in [0.05, 0.1) is 26.2 Å². The molecule has 17 heavy (non-hydrogen) atoms. The highest BCUT2D eigenvalue weighted by atomic mass is 16.5. The molecule has 0 aromatic heterocycles. The van der Waals surface area contributed by atoms with Crippen LogP contribution in [0.25, 0.3) is 0 Å². The monoisotopic (exact) mass is 239 g/mol. The van der Waals surface area contributed by atoms with E-state index < -0.39 is 5.66 Å². The van der Waals surface area contributed by atoms with Crippen LogP contribution in [0.15, 0.2) is 10.2 Å². The first-order valence-electron chi connectivity index (χ1n) is 5.55. The lowest BCUT2D eigenvalue weighted by Crippen LogP contribution is -2.31. The predicted octanol–water partition coefficient (Wildman–Crippen LogP) is 0.0771. The third kappa shape index (κ3) is 5.43. The zero-order valence-electron chi connectivity index (χ0n) is 9.69. The Morgan fingerprint density at radius 3 is 2.82 bits per heavy atom. The molecule has 0 spiro atoms. The number of nitrogens with one attached hydrogen (secondary N) is 1. The van der Waals surface area contributed by atoms with E-state index in [-0.39, 0.29) is 25.5 Å². The maximum atomic E-state index is 11.5. The summed E-state index contributed by atoms with van der Waals surface area (Å²) >= 11 is 0. The number of aliphatic hydroxyl groups excluding tert-OH is 1. The largest absolute Gasteiger partial charge is 0.394 e. The van der Waals surface area contributed by atoms with Crippen molar-refractivity contribution >= 4 is 5.91 Å². The number of hydrogen-bond acceptors (Lipinski definition) is 5. The van der Waals surface area contributed by atoms with Crippen molar-refractivity contribution in [2.75, 3.05) is 26.4 Å². The minimum atomic E-state index is -0.567. The number of terminal acetylenes is 1. The van der Waals surface area contributed by atoms with Crippen LogP contribution < -0.4 is 5.32 Å². The summed E-state index contributed by atoms with van der Waals surface area (Å²) in [6, 6.07) is 0. The summed E-state index contributed by atoms with van der Waals surface area (Å²) in [6.45, 7) is 1.08. The number of hydrogen-bond donors (Lipinski definition) is 2. The Morgan fingerprint density at radius 1 is 1.47 bits per heavy atom. The van der Waals surface area contributed by atoms with Crippen LogP contribution in [0, 0.1) is 12.3 Å². The number of nitrogens with zero attached hydrogens (tertiary/aromatic N) is 2. The zero-order valence-corrected chi connectivity index (χ0v) is 9.69. The van der Waals surface area contributed by atoms with Gasteiger partial charge in [0.2, 0.25) is 11.6 Å². The quantitative estimate of drug-likeness (QED) is 0.441. The second-order valence-corrected chi connectivity index (χ2v) is 3.75. The van der Waals surface area contributed by atoms with Crippen LogP contribution >= 0.6 is 0 Å². The summed E-state index contributed by atoms with van der Waals surface area (Å²) in [4.78, 5) is 11.5. The van der Waals surface area contributed by atoms with E-state index in [0.29, 0.717) is 26.0 Å². The first-order chi connectivity index (χ1) is 8.22. The average molecular weight is 239 g/mol. The van der Waals surface area contributed by atoms with Crippen LogP contribution in [0.4, 0.5) is 0 Å². The second kappa shape index (κ2) is 6.99. The van der Waals surface area contributed by atoms with E-state index in [9.17, 15) is 4.79 Å². The summed E-state index contributed by atoms with van der Waals surface area (Å²) in [5, 5.41) is 18.9. The van der Waals surface area contributed by atoms with Gasteiger partial charge >= 0.3 is 0 Å². The normalized spacial score (nSPS) is 15.3. The SMILES string of the molecule is C#CCCC1(CC(=O)NCCOCCO)N=N1. The molecule has 94 valence electrons. The van der Waals surface area contributed by atoms with Gasteiger partial charge in [-0.15, -0.1) is 12.3 Å². The summed E-state index contributed by atoms with van der Waals surface area (Å²) in [6.07, 6.45) is 6.59. The Labute approximate surface area is 100 Å². The van der Waals surface area contributed by atoms with Crippen molar-refractivity contribution in [3.05, 3.63) is 0 Å². The minimum absolute atomic E-state index is 0.0130. The molecule has 0 saturated carbocycles. The number of carbonyl (C=O) groups is 1. The van der Waals surface area contributed by atoms with Gasteiger partial charge in [0.25, 0.3) is 0 Å². The van der Waals surface area contributed by atoms with Gasteiger partial charge < -0.3 is 15.2 Å². The molecule has 0 atom stereocenters. The first kappa shape index (κ1) is 13.6. The van der Waals surface area contributed by atoms with Gasteiger partial charge in [-0.05, 0) is 0 Å². The highest BCUT2D eigenvalue weighted by Crippen LogP contribution is 2.36. The summed E-state index contributed by atoms with van der Waals surface area (Å²) in [5.74, 6) is 2.40.